The van der Waals surface area contributed by atoms with Gasteiger partial charge in [0.2, 0.25) is 5.91 Å². The van der Waals surface area contributed by atoms with Gasteiger partial charge in [-0.25, -0.2) is 0 Å². The molecule has 17 heavy (non-hydrogen) atoms. The monoisotopic (exact) mass is 246 g/mol. The van der Waals surface area contributed by atoms with E-state index in [1.54, 1.807) is 0 Å². The van der Waals surface area contributed by atoms with Gasteiger partial charge in [0.05, 0.1) is 12.1 Å². The van der Waals surface area contributed by atoms with Crippen LogP contribution >= 0.6 is 0 Å². The van der Waals surface area contributed by atoms with Crippen molar-refractivity contribution < 1.29 is 18.0 Å². The van der Waals surface area contributed by atoms with E-state index in [-0.39, 0.29) is 18.1 Å². The number of rotatable bonds is 4. The van der Waals surface area contributed by atoms with Crippen molar-refractivity contribution in [2.45, 2.75) is 13.1 Å². The second-order valence-electron chi connectivity index (χ2n) is 3.41. The maximum Gasteiger partial charge on any atom is 0.416 e. The number of benzene rings is 1. The molecular formula is C11H13F3N2O. The molecule has 94 valence electrons. The summed E-state index contributed by atoms with van der Waals surface area (Å²) in [6.07, 6.45) is -4.40. The van der Waals surface area contributed by atoms with Crippen LogP contribution in [-0.4, -0.2) is 19.0 Å². The molecule has 0 aliphatic rings. The SMILES string of the molecule is CCNCC(=O)Nc1cccc(C(F)(F)F)c1. The molecule has 1 rings (SSSR count). The molecule has 0 spiro atoms. The van der Waals surface area contributed by atoms with E-state index in [0.29, 0.717) is 6.54 Å². The second kappa shape index (κ2) is 5.67. The van der Waals surface area contributed by atoms with E-state index in [1.807, 2.05) is 6.92 Å². The maximum atomic E-state index is 12.4. The Morgan fingerprint density at radius 2 is 2.06 bits per heavy atom. The Kier molecular flexibility index (Phi) is 4.51. The quantitative estimate of drug-likeness (QED) is 0.855. The van der Waals surface area contributed by atoms with Crippen LogP contribution in [0.1, 0.15) is 12.5 Å². The van der Waals surface area contributed by atoms with Crippen molar-refractivity contribution in [2.24, 2.45) is 0 Å². The van der Waals surface area contributed by atoms with Crippen molar-refractivity contribution >= 4 is 11.6 Å². The first kappa shape index (κ1) is 13.5. The summed E-state index contributed by atoms with van der Waals surface area (Å²) in [6, 6.07) is 4.54. The third-order valence-corrected chi connectivity index (χ3v) is 2.01. The summed E-state index contributed by atoms with van der Waals surface area (Å²) in [5, 5.41) is 5.17. The van der Waals surface area contributed by atoms with Crippen LogP contribution in [0.3, 0.4) is 0 Å². The van der Waals surface area contributed by atoms with E-state index in [1.165, 1.54) is 12.1 Å². The number of likely N-dealkylation sites (N-methyl/N-ethyl adjacent to an activating group) is 1. The van der Waals surface area contributed by atoms with E-state index in [4.69, 9.17) is 0 Å². The third-order valence-electron chi connectivity index (χ3n) is 2.01. The first-order valence-corrected chi connectivity index (χ1v) is 5.11. The fraction of sp³-hybridized carbons (Fsp3) is 0.364. The Morgan fingerprint density at radius 3 is 2.65 bits per heavy atom. The molecule has 6 heteroatoms. The van der Waals surface area contributed by atoms with Gasteiger partial charge >= 0.3 is 6.18 Å². The van der Waals surface area contributed by atoms with E-state index in [9.17, 15) is 18.0 Å². The number of carbonyl (C=O) groups is 1. The highest BCUT2D eigenvalue weighted by atomic mass is 19.4. The lowest BCUT2D eigenvalue weighted by Gasteiger charge is -2.09. The highest BCUT2D eigenvalue weighted by molar-refractivity contribution is 5.92. The number of anilines is 1. The van der Waals surface area contributed by atoms with Gasteiger partial charge in [-0.3, -0.25) is 4.79 Å². The lowest BCUT2D eigenvalue weighted by atomic mass is 10.2. The average Bonchev–Trinajstić information content (AvgIpc) is 2.25. The normalized spacial score (nSPS) is 11.3. The van der Waals surface area contributed by atoms with E-state index < -0.39 is 11.7 Å². The van der Waals surface area contributed by atoms with Crippen LogP contribution in [0.5, 0.6) is 0 Å². The van der Waals surface area contributed by atoms with E-state index in [2.05, 4.69) is 10.6 Å². The zero-order valence-electron chi connectivity index (χ0n) is 9.27. The fourth-order valence-electron chi connectivity index (χ4n) is 1.22. The topological polar surface area (TPSA) is 41.1 Å². The molecule has 0 aliphatic carbocycles. The van der Waals surface area contributed by atoms with Crippen LogP contribution in [-0.2, 0) is 11.0 Å². The number of hydrogen-bond acceptors (Lipinski definition) is 2. The highest BCUT2D eigenvalue weighted by Crippen LogP contribution is 2.30. The zero-order valence-corrected chi connectivity index (χ0v) is 9.27. The first-order valence-electron chi connectivity index (χ1n) is 5.11. The van der Waals surface area contributed by atoms with Gasteiger partial charge in [0.1, 0.15) is 0 Å². The summed E-state index contributed by atoms with van der Waals surface area (Å²) in [5.41, 5.74) is -0.638. The van der Waals surface area contributed by atoms with Crippen LogP contribution in [0.2, 0.25) is 0 Å². The number of halogens is 3. The summed E-state index contributed by atoms with van der Waals surface area (Å²) in [7, 11) is 0. The number of nitrogens with one attached hydrogen (secondary N) is 2. The lowest BCUT2D eigenvalue weighted by molar-refractivity contribution is -0.137. The molecule has 2 N–H and O–H groups in total. The smallest absolute Gasteiger partial charge is 0.325 e. The molecule has 0 saturated heterocycles. The lowest BCUT2D eigenvalue weighted by Crippen LogP contribution is -2.27. The molecule has 3 nitrogen and oxygen atoms in total. The van der Waals surface area contributed by atoms with Crippen LogP contribution in [0.15, 0.2) is 24.3 Å². The minimum Gasteiger partial charge on any atom is -0.325 e. The van der Waals surface area contributed by atoms with Crippen molar-refractivity contribution in [3.05, 3.63) is 29.8 Å². The molecule has 0 bridgehead atoms. The molecular weight excluding hydrogens is 233 g/mol. The van der Waals surface area contributed by atoms with Crippen LogP contribution in [0.4, 0.5) is 18.9 Å². The molecule has 0 unspecified atom stereocenters. The zero-order chi connectivity index (χ0) is 12.9. The van der Waals surface area contributed by atoms with Crippen LogP contribution in [0, 0.1) is 0 Å². The minimum absolute atomic E-state index is 0.0761. The Balaban J connectivity index is 2.69. The largest absolute Gasteiger partial charge is 0.416 e. The Morgan fingerprint density at radius 1 is 1.35 bits per heavy atom. The number of alkyl halides is 3. The van der Waals surface area contributed by atoms with Crippen molar-refractivity contribution in [3.63, 3.8) is 0 Å². The van der Waals surface area contributed by atoms with Gasteiger partial charge in [0, 0.05) is 5.69 Å². The molecule has 0 fully saturated rings. The second-order valence-corrected chi connectivity index (χ2v) is 3.41. The van der Waals surface area contributed by atoms with Gasteiger partial charge in [0.25, 0.3) is 0 Å². The van der Waals surface area contributed by atoms with Crippen molar-refractivity contribution in [1.82, 2.24) is 5.32 Å². The van der Waals surface area contributed by atoms with Gasteiger partial charge in [0.15, 0.2) is 0 Å². The van der Waals surface area contributed by atoms with E-state index in [0.717, 1.165) is 12.1 Å². The van der Waals surface area contributed by atoms with Gasteiger partial charge in [-0.2, -0.15) is 13.2 Å². The van der Waals surface area contributed by atoms with E-state index >= 15 is 0 Å². The Labute approximate surface area is 97.0 Å². The summed E-state index contributed by atoms with van der Waals surface area (Å²) >= 11 is 0. The Bertz CT molecular complexity index is 391. The summed E-state index contributed by atoms with van der Waals surface area (Å²) in [4.78, 5) is 11.3. The van der Waals surface area contributed by atoms with Gasteiger partial charge in [-0.15, -0.1) is 0 Å². The molecule has 1 amide bonds. The standard InChI is InChI=1S/C11H13F3N2O/c1-2-15-7-10(17)16-9-5-3-4-8(6-9)11(12,13)14/h3-6,15H,2,7H2,1H3,(H,16,17). The third kappa shape index (κ3) is 4.44. The molecule has 1 aromatic rings. The molecule has 1 aromatic carbocycles. The van der Waals surface area contributed by atoms with Crippen molar-refractivity contribution in [3.8, 4) is 0 Å². The Hall–Kier alpha value is -1.56. The predicted octanol–water partition coefficient (Wildman–Crippen LogP) is 2.25. The first-order chi connectivity index (χ1) is 7.93. The summed E-state index contributed by atoms with van der Waals surface area (Å²) in [6.45, 7) is 2.53. The minimum atomic E-state index is -4.40. The van der Waals surface area contributed by atoms with Crippen LogP contribution < -0.4 is 10.6 Å². The number of hydrogen-bond donors (Lipinski definition) is 2. The summed E-state index contributed by atoms with van der Waals surface area (Å²) in [5.74, 6) is -0.369. The predicted molar refractivity (Wildman–Crippen MR) is 58.6 cm³/mol. The number of amides is 1. The van der Waals surface area contributed by atoms with Crippen LogP contribution in [0.25, 0.3) is 0 Å². The molecule has 0 heterocycles. The molecule has 0 saturated carbocycles. The fourth-order valence-corrected chi connectivity index (χ4v) is 1.22. The van der Waals surface area contributed by atoms with Crippen molar-refractivity contribution in [1.29, 1.82) is 0 Å². The highest BCUT2D eigenvalue weighted by Gasteiger charge is 2.30. The average molecular weight is 246 g/mol. The molecule has 0 atom stereocenters. The molecule has 0 aliphatic heterocycles. The summed E-state index contributed by atoms with van der Waals surface area (Å²) < 4.78 is 37.1. The van der Waals surface area contributed by atoms with Crippen molar-refractivity contribution in [2.75, 3.05) is 18.4 Å². The van der Waals surface area contributed by atoms with Gasteiger partial charge < -0.3 is 10.6 Å². The molecule has 0 aromatic heterocycles. The maximum absolute atomic E-state index is 12.4. The van der Waals surface area contributed by atoms with Gasteiger partial charge in [-0.1, -0.05) is 13.0 Å². The van der Waals surface area contributed by atoms with Gasteiger partial charge in [-0.05, 0) is 24.7 Å². The molecule has 0 radical (unpaired) electrons. The number of carbonyl (C=O) groups excluding carboxylic acids is 1.